The van der Waals surface area contributed by atoms with Gasteiger partial charge in [0.25, 0.3) is 0 Å². The molecule has 0 aliphatic carbocycles. The van der Waals surface area contributed by atoms with E-state index < -0.39 is 0 Å². The summed E-state index contributed by atoms with van der Waals surface area (Å²) in [5, 5.41) is 7.48. The van der Waals surface area contributed by atoms with Crippen LogP contribution in [-0.2, 0) is 12.0 Å². The molecule has 0 radical (unpaired) electrons. The predicted octanol–water partition coefficient (Wildman–Crippen LogP) is 3.05. The number of aromatic nitrogens is 3. The van der Waals surface area contributed by atoms with E-state index in [0.717, 1.165) is 22.5 Å². The molecule has 19 heavy (non-hydrogen) atoms. The van der Waals surface area contributed by atoms with Crippen LogP contribution in [0.2, 0.25) is 0 Å². The number of hydrogen-bond acceptors (Lipinski definition) is 3. The van der Waals surface area contributed by atoms with Gasteiger partial charge in [0, 0.05) is 23.9 Å². The summed E-state index contributed by atoms with van der Waals surface area (Å²) in [6, 6.07) is 4.21. The first-order chi connectivity index (χ1) is 8.90. The molecule has 0 aliphatic heterocycles. The number of rotatable bonds is 3. The smallest absolute Gasteiger partial charge is 0.153 e. The molecule has 0 amide bonds. The summed E-state index contributed by atoms with van der Waals surface area (Å²) >= 11 is 3.41. The van der Waals surface area contributed by atoms with Crippen molar-refractivity contribution in [3.05, 3.63) is 40.3 Å². The summed E-state index contributed by atoms with van der Waals surface area (Å²) in [6.07, 6.45) is 3.68. The lowest BCUT2D eigenvalue weighted by molar-refractivity contribution is 0.564. The highest BCUT2D eigenvalue weighted by Gasteiger charge is 2.17. The van der Waals surface area contributed by atoms with Crippen molar-refractivity contribution in [3.8, 4) is 5.82 Å². The Kier molecular flexibility index (Phi) is 4.06. The predicted molar refractivity (Wildman–Crippen MR) is 80.5 cm³/mol. The Balaban J connectivity index is 2.51. The van der Waals surface area contributed by atoms with Crippen molar-refractivity contribution in [2.75, 3.05) is 7.05 Å². The maximum atomic E-state index is 4.72. The minimum absolute atomic E-state index is 0.0168. The lowest BCUT2D eigenvalue weighted by Crippen LogP contribution is -2.17. The van der Waals surface area contributed by atoms with Gasteiger partial charge < -0.3 is 5.32 Å². The van der Waals surface area contributed by atoms with Crippen molar-refractivity contribution < 1.29 is 0 Å². The minimum Gasteiger partial charge on any atom is -0.316 e. The molecule has 5 heteroatoms. The second-order valence-electron chi connectivity index (χ2n) is 5.60. The van der Waals surface area contributed by atoms with Crippen LogP contribution in [0.15, 0.2) is 29.0 Å². The van der Waals surface area contributed by atoms with E-state index in [9.17, 15) is 0 Å². The van der Waals surface area contributed by atoms with Crippen molar-refractivity contribution in [2.45, 2.75) is 32.7 Å². The molecule has 0 fully saturated rings. The van der Waals surface area contributed by atoms with Crippen LogP contribution < -0.4 is 5.32 Å². The van der Waals surface area contributed by atoms with Crippen molar-refractivity contribution >= 4 is 15.9 Å². The zero-order valence-electron chi connectivity index (χ0n) is 11.7. The van der Waals surface area contributed by atoms with Gasteiger partial charge in [-0.05, 0) is 40.7 Å². The van der Waals surface area contributed by atoms with Gasteiger partial charge in [0.05, 0.1) is 10.7 Å². The van der Waals surface area contributed by atoms with Gasteiger partial charge in [-0.2, -0.15) is 5.10 Å². The average Bonchev–Trinajstić information content (AvgIpc) is 2.75. The van der Waals surface area contributed by atoms with Crippen LogP contribution in [0, 0.1) is 0 Å². The number of pyridine rings is 1. The quantitative estimate of drug-likeness (QED) is 0.944. The van der Waals surface area contributed by atoms with Gasteiger partial charge in [-0.25, -0.2) is 9.67 Å². The van der Waals surface area contributed by atoms with Gasteiger partial charge in [-0.1, -0.05) is 20.8 Å². The third-order valence-corrected chi connectivity index (χ3v) is 3.22. The SMILES string of the molecule is CNCc1cc(-n2cc(Br)cn2)nc(C(C)(C)C)c1. The average molecular weight is 323 g/mol. The van der Waals surface area contributed by atoms with Crippen molar-refractivity contribution in [3.63, 3.8) is 0 Å². The zero-order valence-corrected chi connectivity index (χ0v) is 13.3. The van der Waals surface area contributed by atoms with E-state index in [1.165, 1.54) is 5.56 Å². The lowest BCUT2D eigenvalue weighted by atomic mass is 9.90. The van der Waals surface area contributed by atoms with Crippen molar-refractivity contribution in [1.29, 1.82) is 0 Å². The Labute approximate surface area is 122 Å². The fourth-order valence-electron chi connectivity index (χ4n) is 1.80. The molecule has 1 N–H and O–H groups in total. The fourth-order valence-corrected chi connectivity index (χ4v) is 2.09. The van der Waals surface area contributed by atoms with Crippen LogP contribution >= 0.6 is 15.9 Å². The first-order valence-electron chi connectivity index (χ1n) is 6.27. The highest BCUT2D eigenvalue weighted by Crippen LogP contribution is 2.23. The summed E-state index contributed by atoms with van der Waals surface area (Å²) < 4.78 is 2.74. The monoisotopic (exact) mass is 322 g/mol. The normalized spacial score (nSPS) is 11.8. The van der Waals surface area contributed by atoms with E-state index in [2.05, 4.69) is 59.2 Å². The van der Waals surface area contributed by atoms with Gasteiger partial charge in [0.1, 0.15) is 0 Å². The van der Waals surface area contributed by atoms with Crippen LogP contribution in [0.3, 0.4) is 0 Å². The summed E-state index contributed by atoms with van der Waals surface area (Å²) in [4.78, 5) is 4.72. The molecule has 0 bridgehead atoms. The number of nitrogens with zero attached hydrogens (tertiary/aromatic N) is 3. The van der Waals surface area contributed by atoms with E-state index in [4.69, 9.17) is 4.98 Å². The lowest BCUT2D eigenvalue weighted by Gasteiger charge is -2.20. The molecule has 2 aromatic heterocycles. The second kappa shape index (κ2) is 5.43. The van der Waals surface area contributed by atoms with Crippen molar-refractivity contribution in [2.24, 2.45) is 0 Å². The molecule has 0 saturated heterocycles. The number of hydrogen-bond donors (Lipinski definition) is 1. The molecular weight excluding hydrogens is 304 g/mol. The van der Waals surface area contributed by atoms with E-state index in [0.29, 0.717) is 0 Å². The summed E-state index contributed by atoms with van der Waals surface area (Å²) in [7, 11) is 1.95. The molecule has 0 spiro atoms. The first kappa shape index (κ1) is 14.2. The van der Waals surface area contributed by atoms with E-state index >= 15 is 0 Å². The molecule has 0 unspecified atom stereocenters. The van der Waals surface area contributed by atoms with Gasteiger partial charge in [0.2, 0.25) is 0 Å². The first-order valence-corrected chi connectivity index (χ1v) is 7.06. The molecule has 4 nitrogen and oxygen atoms in total. The van der Waals surface area contributed by atoms with Gasteiger partial charge >= 0.3 is 0 Å². The van der Waals surface area contributed by atoms with Crippen LogP contribution in [0.25, 0.3) is 5.82 Å². The zero-order chi connectivity index (χ0) is 14.0. The third-order valence-electron chi connectivity index (χ3n) is 2.81. The molecule has 0 aliphatic rings. The Bertz CT molecular complexity index is 569. The Hall–Kier alpha value is -1.20. The van der Waals surface area contributed by atoms with Crippen LogP contribution in [0.4, 0.5) is 0 Å². The second-order valence-corrected chi connectivity index (χ2v) is 6.52. The Morgan fingerprint density at radius 1 is 1.32 bits per heavy atom. The minimum atomic E-state index is 0.0168. The van der Waals surface area contributed by atoms with E-state index in [1.54, 1.807) is 10.9 Å². The molecule has 2 heterocycles. The summed E-state index contributed by atoms with van der Waals surface area (Å²) in [6.45, 7) is 7.32. The van der Waals surface area contributed by atoms with E-state index in [-0.39, 0.29) is 5.41 Å². The summed E-state index contributed by atoms with van der Waals surface area (Å²) in [5.74, 6) is 0.850. The summed E-state index contributed by atoms with van der Waals surface area (Å²) in [5.41, 5.74) is 2.30. The molecule has 0 saturated carbocycles. The number of halogens is 1. The Morgan fingerprint density at radius 3 is 2.58 bits per heavy atom. The molecule has 0 aromatic carbocycles. The maximum Gasteiger partial charge on any atom is 0.153 e. The topological polar surface area (TPSA) is 42.7 Å². The third kappa shape index (κ3) is 3.42. The maximum absolute atomic E-state index is 4.72. The van der Waals surface area contributed by atoms with Gasteiger partial charge in [0.15, 0.2) is 5.82 Å². The highest BCUT2D eigenvalue weighted by atomic mass is 79.9. The van der Waals surface area contributed by atoms with Gasteiger partial charge in [-0.15, -0.1) is 0 Å². The Morgan fingerprint density at radius 2 is 2.05 bits per heavy atom. The largest absolute Gasteiger partial charge is 0.316 e. The standard InChI is InChI=1S/C14H19BrN4/c1-14(2,3)12-5-10(7-16-4)6-13(18-12)19-9-11(15)8-17-19/h5-6,8-9,16H,7H2,1-4H3. The molecule has 2 aromatic rings. The van der Waals surface area contributed by atoms with Crippen molar-refractivity contribution in [1.82, 2.24) is 20.1 Å². The molecule has 2 rings (SSSR count). The van der Waals surface area contributed by atoms with Gasteiger partial charge in [-0.3, -0.25) is 0 Å². The molecule has 102 valence electrons. The molecule has 0 atom stereocenters. The fraction of sp³-hybridized carbons (Fsp3) is 0.429. The van der Waals surface area contributed by atoms with E-state index in [1.807, 2.05) is 13.2 Å². The molecular formula is C14H19BrN4. The van der Waals surface area contributed by atoms with Crippen LogP contribution in [0.1, 0.15) is 32.0 Å². The highest BCUT2D eigenvalue weighted by molar-refractivity contribution is 9.10. The van der Waals surface area contributed by atoms with Crippen LogP contribution in [0.5, 0.6) is 0 Å². The van der Waals surface area contributed by atoms with Crippen LogP contribution in [-0.4, -0.2) is 21.8 Å². The number of nitrogens with one attached hydrogen (secondary N) is 1.